The van der Waals surface area contributed by atoms with Crippen LogP contribution in [0.15, 0.2) is 54.6 Å². The van der Waals surface area contributed by atoms with Gasteiger partial charge in [-0.05, 0) is 36.8 Å². The van der Waals surface area contributed by atoms with Crippen LogP contribution in [0.2, 0.25) is 0 Å². The zero-order chi connectivity index (χ0) is 19.9. The molecule has 0 heterocycles. The molecule has 6 heteroatoms. The summed E-state index contributed by atoms with van der Waals surface area (Å²) < 4.78 is 37.8. The average Bonchev–Trinajstić information content (AvgIpc) is 2.65. The summed E-state index contributed by atoms with van der Waals surface area (Å²) in [6, 6.07) is 15.4. The van der Waals surface area contributed by atoms with Crippen LogP contribution in [0.3, 0.4) is 0 Å². The topological polar surface area (TPSA) is 38.8 Å². The molecule has 1 amide bonds. The molecular weight excluding hydrogens is 352 g/mol. The van der Waals surface area contributed by atoms with E-state index in [9.17, 15) is 13.6 Å². The van der Waals surface area contributed by atoms with Crippen molar-refractivity contribution in [1.29, 1.82) is 0 Å². The first-order chi connectivity index (χ1) is 12.8. The SMILES string of the molecule is CCOC(=O)N(C)CCC(Oc1ccc(C(C)(F)F)cc1)c1ccccc1. The van der Waals surface area contributed by atoms with Gasteiger partial charge in [0, 0.05) is 32.5 Å². The zero-order valence-electron chi connectivity index (χ0n) is 15.8. The number of benzene rings is 2. The molecule has 27 heavy (non-hydrogen) atoms. The van der Waals surface area contributed by atoms with Crippen molar-refractivity contribution in [2.24, 2.45) is 0 Å². The third kappa shape index (κ3) is 6.24. The Hall–Kier alpha value is -2.63. The van der Waals surface area contributed by atoms with E-state index >= 15 is 0 Å². The highest BCUT2D eigenvalue weighted by Crippen LogP contribution is 2.30. The Kier molecular flexibility index (Phi) is 7.16. The highest BCUT2D eigenvalue weighted by atomic mass is 19.3. The fourth-order valence-electron chi connectivity index (χ4n) is 2.59. The Morgan fingerprint density at radius 1 is 1.11 bits per heavy atom. The Morgan fingerprint density at radius 2 is 1.74 bits per heavy atom. The van der Waals surface area contributed by atoms with Gasteiger partial charge >= 0.3 is 6.09 Å². The van der Waals surface area contributed by atoms with Gasteiger partial charge in [0.15, 0.2) is 0 Å². The van der Waals surface area contributed by atoms with Crippen LogP contribution in [0, 0.1) is 0 Å². The van der Waals surface area contributed by atoms with Crippen LogP contribution in [0.1, 0.15) is 37.5 Å². The minimum absolute atomic E-state index is 0.0619. The molecule has 0 aliphatic carbocycles. The van der Waals surface area contributed by atoms with Gasteiger partial charge in [0.05, 0.1) is 6.61 Å². The van der Waals surface area contributed by atoms with E-state index in [1.54, 1.807) is 14.0 Å². The monoisotopic (exact) mass is 377 g/mol. The molecule has 0 aliphatic heterocycles. The lowest BCUT2D eigenvalue weighted by Crippen LogP contribution is -2.30. The van der Waals surface area contributed by atoms with Crippen molar-refractivity contribution >= 4 is 6.09 Å². The van der Waals surface area contributed by atoms with Gasteiger partial charge in [-0.25, -0.2) is 13.6 Å². The molecule has 1 atom stereocenters. The summed E-state index contributed by atoms with van der Waals surface area (Å²) in [4.78, 5) is 13.3. The maximum atomic E-state index is 13.4. The van der Waals surface area contributed by atoms with Crippen LogP contribution in [0.4, 0.5) is 13.6 Å². The van der Waals surface area contributed by atoms with Crippen LogP contribution in [-0.4, -0.2) is 31.2 Å². The van der Waals surface area contributed by atoms with Crippen molar-refractivity contribution in [1.82, 2.24) is 4.90 Å². The standard InChI is InChI=1S/C21H25F2NO3/c1-4-26-20(25)24(3)15-14-19(16-8-6-5-7-9-16)27-18-12-10-17(11-13-18)21(2,22)23/h5-13,19H,4,14-15H2,1-3H3. The summed E-state index contributed by atoms with van der Waals surface area (Å²) in [7, 11) is 1.66. The van der Waals surface area contributed by atoms with Gasteiger partial charge in [-0.1, -0.05) is 30.3 Å². The number of nitrogens with zero attached hydrogens (tertiary/aromatic N) is 1. The molecule has 2 rings (SSSR count). The molecule has 0 N–H and O–H groups in total. The molecule has 0 saturated heterocycles. The maximum absolute atomic E-state index is 13.4. The Labute approximate surface area is 158 Å². The maximum Gasteiger partial charge on any atom is 0.409 e. The third-order valence-corrected chi connectivity index (χ3v) is 4.12. The summed E-state index contributed by atoms with van der Waals surface area (Å²) in [5.41, 5.74) is 0.882. The molecule has 0 spiro atoms. The lowest BCUT2D eigenvalue weighted by atomic mass is 10.1. The first kappa shape index (κ1) is 20.7. The van der Waals surface area contributed by atoms with Crippen molar-refractivity contribution in [3.63, 3.8) is 0 Å². The summed E-state index contributed by atoms with van der Waals surface area (Å²) in [5.74, 6) is -2.39. The lowest BCUT2D eigenvalue weighted by Gasteiger charge is -2.23. The molecular formula is C21H25F2NO3. The van der Waals surface area contributed by atoms with Gasteiger partial charge in [0.25, 0.3) is 5.92 Å². The number of hydrogen-bond acceptors (Lipinski definition) is 3. The summed E-state index contributed by atoms with van der Waals surface area (Å²) in [5, 5.41) is 0. The number of halogens is 2. The molecule has 0 saturated carbocycles. The second-order valence-corrected chi connectivity index (χ2v) is 6.34. The Morgan fingerprint density at radius 3 is 2.30 bits per heavy atom. The van der Waals surface area contributed by atoms with E-state index in [1.807, 2.05) is 30.3 Å². The molecule has 0 aromatic heterocycles. The first-order valence-corrected chi connectivity index (χ1v) is 8.89. The lowest BCUT2D eigenvalue weighted by molar-refractivity contribution is 0.0174. The largest absolute Gasteiger partial charge is 0.486 e. The van der Waals surface area contributed by atoms with Crippen molar-refractivity contribution in [3.05, 3.63) is 65.7 Å². The predicted molar refractivity (Wildman–Crippen MR) is 100 cm³/mol. The van der Waals surface area contributed by atoms with Crippen molar-refractivity contribution in [2.75, 3.05) is 20.2 Å². The summed E-state index contributed by atoms with van der Waals surface area (Å²) in [6.07, 6.45) is -0.180. The van der Waals surface area contributed by atoms with E-state index in [0.717, 1.165) is 12.5 Å². The fraction of sp³-hybridized carbons (Fsp3) is 0.381. The molecule has 146 valence electrons. The smallest absolute Gasteiger partial charge is 0.409 e. The van der Waals surface area contributed by atoms with Crippen molar-refractivity contribution in [2.45, 2.75) is 32.3 Å². The Balaban J connectivity index is 2.10. The average molecular weight is 377 g/mol. The van der Waals surface area contributed by atoms with E-state index < -0.39 is 5.92 Å². The van der Waals surface area contributed by atoms with E-state index in [1.165, 1.54) is 29.2 Å². The summed E-state index contributed by atoms with van der Waals surface area (Å²) in [6.45, 7) is 3.37. The van der Waals surface area contributed by atoms with Gasteiger partial charge < -0.3 is 14.4 Å². The normalized spacial score (nSPS) is 12.3. The molecule has 0 aliphatic rings. The van der Waals surface area contributed by atoms with Crippen LogP contribution < -0.4 is 4.74 Å². The molecule has 0 bridgehead atoms. The molecule has 2 aromatic rings. The second-order valence-electron chi connectivity index (χ2n) is 6.34. The van der Waals surface area contributed by atoms with E-state index in [-0.39, 0.29) is 17.8 Å². The highest BCUT2D eigenvalue weighted by Gasteiger charge is 2.24. The summed E-state index contributed by atoms with van der Waals surface area (Å²) >= 11 is 0. The highest BCUT2D eigenvalue weighted by molar-refractivity contribution is 5.67. The van der Waals surface area contributed by atoms with Gasteiger partial charge in [-0.3, -0.25) is 0 Å². The van der Waals surface area contributed by atoms with Crippen molar-refractivity contribution in [3.8, 4) is 5.75 Å². The second kappa shape index (κ2) is 9.35. The van der Waals surface area contributed by atoms with E-state index in [0.29, 0.717) is 25.3 Å². The molecule has 0 radical (unpaired) electrons. The number of rotatable bonds is 8. The van der Waals surface area contributed by atoms with Gasteiger partial charge in [0.1, 0.15) is 11.9 Å². The van der Waals surface area contributed by atoms with Gasteiger partial charge in [-0.2, -0.15) is 0 Å². The van der Waals surface area contributed by atoms with Crippen LogP contribution in [-0.2, 0) is 10.7 Å². The van der Waals surface area contributed by atoms with Crippen LogP contribution in [0.5, 0.6) is 5.75 Å². The van der Waals surface area contributed by atoms with Crippen LogP contribution in [0.25, 0.3) is 0 Å². The zero-order valence-corrected chi connectivity index (χ0v) is 15.8. The minimum atomic E-state index is -2.89. The Bertz CT molecular complexity index is 714. The van der Waals surface area contributed by atoms with Crippen molar-refractivity contribution < 1.29 is 23.0 Å². The number of amides is 1. The third-order valence-electron chi connectivity index (χ3n) is 4.12. The first-order valence-electron chi connectivity index (χ1n) is 8.89. The number of carbonyl (C=O) groups is 1. The number of alkyl halides is 2. The van der Waals surface area contributed by atoms with Gasteiger partial charge in [0.2, 0.25) is 0 Å². The molecule has 2 aromatic carbocycles. The van der Waals surface area contributed by atoms with Gasteiger partial charge in [-0.15, -0.1) is 0 Å². The molecule has 4 nitrogen and oxygen atoms in total. The minimum Gasteiger partial charge on any atom is -0.486 e. The fourth-order valence-corrected chi connectivity index (χ4v) is 2.59. The number of hydrogen-bond donors (Lipinski definition) is 0. The molecule has 1 unspecified atom stereocenters. The predicted octanol–water partition coefficient (Wildman–Crippen LogP) is 5.40. The van der Waals surface area contributed by atoms with E-state index in [4.69, 9.17) is 9.47 Å². The number of carbonyl (C=O) groups excluding carboxylic acids is 1. The van der Waals surface area contributed by atoms with E-state index in [2.05, 4.69) is 0 Å². The quantitative estimate of drug-likeness (QED) is 0.618. The van der Waals surface area contributed by atoms with Crippen LogP contribution >= 0.6 is 0 Å². The number of ether oxygens (including phenoxy) is 2. The molecule has 0 fully saturated rings.